The summed E-state index contributed by atoms with van der Waals surface area (Å²) in [6, 6.07) is 75.9. The fraction of sp³-hybridized carbons (Fsp3) is 0. The molecular formula is C56H35NO2. The fourth-order valence-corrected chi connectivity index (χ4v) is 9.00. The van der Waals surface area contributed by atoms with E-state index < -0.39 is 0 Å². The lowest BCUT2D eigenvalue weighted by molar-refractivity contribution is 0.669. The van der Waals surface area contributed by atoms with Crippen molar-refractivity contribution in [3.63, 3.8) is 0 Å². The molecule has 0 fully saturated rings. The molecule has 276 valence electrons. The fourth-order valence-electron chi connectivity index (χ4n) is 9.00. The van der Waals surface area contributed by atoms with Crippen molar-refractivity contribution in [3.05, 3.63) is 212 Å². The molecule has 0 saturated carbocycles. The zero-order valence-electron chi connectivity index (χ0n) is 32.0. The minimum Gasteiger partial charge on any atom is -0.456 e. The van der Waals surface area contributed by atoms with Gasteiger partial charge in [0.2, 0.25) is 0 Å². The number of benzene rings is 10. The highest BCUT2D eigenvalue weighted by atomic mass is 16.3. The van der Waals surface area contributed by atoms with Gasteiger partial charge in [-0.15, -0.1) is 0 Å². The zero-order valence-corrected chi connectivity index (χ0v) is 32.0. The maximum absolute atomic E-state index is 6.67. The van der Waals surface area contributed by atoms with Crippen molar-refractivity contribution in [1.82, 2.24) is 0 Å². The lowest BCUT2D eigenvalue weighted by Gasteiger charge is -2.28. The second-order valence-corrected chi connectivity index (χ2v) is 15.3. The van der Waals surface area contributed by atoms with E-state index in [0.717, 1.165) is 94.1 Å². The SMILES string of the molecule is c1cc(-c2ccc3ccccc3c2)cc(N(c2ccc(-c3ccc4oc5ccccc5c4c3)cc2)c2ccccc2-c2cccc3oc4c5ccccc5ccc4c23)c1. The highest BCUT2D eigenvalue weighted by molar-refractivity contribution is 6.20. The van der Waals surface area contributed by atoms with E-state index in [4.69, 9.17) is 8.83 Å². The van der Waals surface area contributed by atoms with Crippen molar-refractivity contribution < 1.29 is 8.83 Å². The molecule has 12 aromatic rings. The summed E-state index contributed by atoms with van der Waals surface area (Å²) in [7, 11) is 0. The summed E-state index contributed by atoms with van der Waals surface area (Å²) >= 11 is 0. The Balaban J connectivity index is 1.04. The van der Waals surface area contributed by atoms with Gasteiger partial charge in [-0.25, -0.2) is 0 Å². The Morgan fingerprint density at radius 2 is 0.949 bits per heavy atom. The average Bonchev–Trinajstić information content (AvgIpc) is 3.88. The van der Waals surface area contributed by atoms with Crippen LogP contribution >= 0.6 is 0 Å². The van der Waals surface area contributed by atoms with Gasteiger partial charge in [-0.2, -0.15) is 0 Å². The van der Waals surface area contributed by atoms with Crippen LogP contribution in [0.4, 0.5) is 17.1 Å². The highest BCUT2D eigenvalue weighted by Gasteiger charge is 2.21. The molecule has 0 unspecified atom stereocenters. The Bertz CT molecular complexity index is 3570. The van der Waals surface area contributed by atoms with E-state index in [2.05, 4.69) is 205 Å². The van der Waals surface area contributed by atoms with Gasteiger partial charge in [0, 0.05) is 43.9 Å². The van der Waals surface area contributed by atoms with Crippen LogP contribution in [0.25, 0.3) is 98.8 Å². The Kier molecular flexibility index (Phi) is 7.54. The minimum absolute atomic E-state index is 0.875. The topological polar surface area (TPSA) is 29.5 Å². The van der Waals surface area contributed by atoms with Crippen LogP contribution in [-0.4, -0.2) is 0 Å². The van der Waals surface area contributed by atoms with E-state index in [1.807, 2.05) is 12.1 Å². The first kappa shape index (κ1) is 33.3. The van der Waals surface area contributed by atoms with Crippen LogP contribution in [0.3, 0.4) is 0 Å². The molecule has 10 aromatic carbocycles. The van der Waals surface area contributed by atoms with E-state index in [1.165, 1.54) is 21.7 Å². The molecule has 3 heteroatoms. The summed E-state index contributed by atoms with van der Waals surface area (Å²) in [5.41, 5.74) is 13.7. The largest absolute Gasteiger partial charge is 0.456 e. The summed E-state index contributed by atoms with van der Waals surface area (Å²) < 4.78 is 12.8. The lowest BCUT2D eigenvalue weighted by Crippen LogP contribution is -2.11. The molecule has 0 amide bonds. The summed E-state index contributed by atoms with van der Waals surface area (Å²) in [5, 5.41) is 9.22. The number of para-hydroxylation sites is 2. The van der Waals surface area contributed by atoms with Gasteiger partial charge in [-0.05, 0) is 111 Å². The molecule has 2 heterocycles. The summed E-state index contributed by atoms with van der Waals surface area (Å²) in [6.45, 7) is 0. The van der Waals surface area contributed by atoms with Gasteiger partial charge in [0.1, 0.15) is 22.3 Å². The molecule has 3 nitrogen and oxygen atoms in total. The first-order valence-corrected chi connectivity index (χ1v) is 20.1. The highest BCUT2D eigenvalue weighted by Crippen LogP contribution is 2.46. The van der Waals surface area contributed by atoms with Gasteiger partial charge >= 0.3 is 0 Å². The second-order valence-electron chi connectivity index (χ2n) is 15.3. The van der Waals surface area contributed by atoms with Gasteiger partial charge in [-0.3, -0.25) is 0 Å². The third kappa shape index (κ3) is 5.51. The van der Waals surface area contributed by atoms with Crippen molar-refractivity contribution in [2.24, 2.45) is 0 Å². The van der Waals surface area contributed by atoms with E-state index in [0.29, 0.717) is 0 Å². The Labute approximate surface area is 340 Å². The Morgan fingerprint density at radius 1 is 0.305 bits per heavy atom. The molecular weight excluding hydrogens is 719 g/mol. The summed E-state index contributed by atoms with van der Waals surface area (Å²) in [5.74, 6) is 0. The van der Waals surface area contributed by atoms with E-state index in [9.17, 15) is 0 Å². The van der Waals surface area contributed by atoms with Gasteiger partial charge in [-0.1, -0.05) is 146 Å². The number of anilines is 3. The first-order chi connectivity index (χ1) is 29.2. The second kappa shape index (κ2) is 13.4. The minimum atomic E-state index is 0.875. The van der Waals surface area contributed by atoms with Crippen molar-refractivity contribution in [2.75, 3.05) is 4.90 Å². The van der Waals surface area contributed by atoms with Crippen LogP contribution in [0.2, 0.25) is 0 Å². The van der Waals surface area contributed by atoms with Crippen LogP contribution in [0.5, 0.6) is 0 Å². The molecule has 59 heavy (non-hydrogen) atoms. The quantitative estimate of drug-likeness (QED) is 0.169. The third-order valence-electron chi connectivity index (χ3n) is 11.8. The maximum atomic E-state index is 6.67. The van der Waals surface area contributed by atoms with Gasteiger partial charge in [0.05, 0.1) is 5.69 Å². The standard InChI is InChI=1S/C56H35NO2/c1-2-13-39-33-41(24-23-36(39)11-1)40-14-9-15-44(34-40)57(43-29-25-37(26-30-43)42-28-32-53-50(35-42)47-18-6-8-21-52(47)58-53)51-20-7-5-17-46(51)48-19-10-22-54-55(48)49-31-27-38-12-3-4-16-45(38)56(49)59-54/h1-35H. The van der Waals surface area contributed by atoms with Crippen LogP contribution in [0.15, 0.2) is 221 Å². The van der Waals surface area contributed by atoms with Gasteiger partial charge in [0.25, 0.3) is 0 Å². The molecule has 0 radical (unpaired) electrons. The molecule has 12 rings (SSSR count). The zero-order chi connectivity index (χ0) is 38.9. The molecule has 0 atom stereocenters. The monoisotopic (exact) mass is 753 g/mol. The molecule has 2 aromatic heterocycles. The van der Waals surface area contributed by atoms with E-state index >= 15 is 0 Å². The molecule has 0 saturated heterocycles. The van der Waals surface area contributed by atoms with Gasteiger partial charge < -0.3 is 13.7 Å². The van der Waals surface area contributed by atoms with Crippen molar-refractivity contribution >= 4 is 82.5 Å². The van der Waals surface area contributed by atoms with Crippen LogP contribution in [-0.2, 0) is 0 Å². The normalized spacial score (nSPS) is 11.7. The third-order valence-corrected chi connectivity index (χ3v) is 11.8. The maximum Gasteiger partial charge on any atom is 0.143 e. The first-order valence-electron chi connectivity index (χ1n) is 20.1. The van der Waals surface area contributed by atoms with Gasteiger partial charge in [0.15, 0.2) is 0 Å². The average molecular weight is 754 g/mol. The number of hydrogen-bond donors (Lipinski definition) is 0. The summed E-state index contributed by atoms with van der Waals surface area (Å²) in [6.07, 6.45) is 0. The molecule has 0 aliphatic heterocycles. The van der Waals surface area contributed by atoms with E-state index in [-0.39, 0.29) is 0 Å². The van der Waals surface area contributed by atoms with Crippen molar-refractivity contribution in [3.8, 4) is 33.4 Å². The predicted octanol–water partition coefficient (Wildman–Crippen LogP) is 16.3. The number of fused-ring (bicyclic) bond motifs is 9. The van der Waals surface area contributed by atoms with Crippen LogP contribution in [0, 0.1) is 0 Å². The summed E-state index contributed by atoms with van der Waals surface area (Å²) in [4.78, 5) is 2.40. The number of rotatable bonds is 6. The van der Waals surface area contributed by atoms with Crippen LogP contribution in [0.1, 0.15) is 0 Å². The van der Waals surface area contributed by atoms with Crippen LogP contribution < -0.4 is 4.90 Å². The lowest BCUT2D eigenvalue weighted by atomic mass is 9.95. The van der Waals surface area contributed by atoms with Crippen molar-refractivity contribution in [2.45, 2.75) is 0 Å². The molecule has 0 N–H and O–H groups in total. The smallest absolute Gasteiger partial charge is 0.143 e. The number of nitrogens with zero attached hydrogens (tertiary/aromatic N) is 1. The number of hydrogen-bond acceptors (Lipinski definition) is 3. The number of furan rings is 2. The molecule has 0 aliphatic rings. The molecule has 0 spiro atoms. The van der Waals surface area contributed by atoms with Crippen molar-refractivity contribution in [1.29, 1.82) is 0 Å². The molecule has 0 aliphatic carbocycles. The Morgan fingerprint density at radius 3 is 1.86 bits per heavy atom. The van der Waals surface area contributed by atoms with E-state index in [1.54, 1.807) is 0 Å². The Hall–Kier alpha value is -7.88. The molecule has 0 bridgehead atoms. The predicted molar refractivity (Wildman–Crippen MR) is 247 cm³/mol.